The third-order valence-corrected chi connectivity index (χ3v) is 3.08. The lowest BCUT2D eigenvalue weighted by Crippen LogP contribution is -2.02. The molecule has 0 amide bonds. The van der Waals surface area contributed by atoms with E-state index in [1.165, 1.54) is 0 Å². The van der Waals surface area contributed by atoms with Gasteiger partial charge in [0.05, 0.1) is 17.3 Å². The lowest BCUT2D eigenvalue weighted by molar-refractivity contribution is 0.738. The van der Waals surface area contributed by atoms with E-state index in [1.54, 1.807) is 18.2 Å². The molecule has 0 spiro atoms. The highest BCUT2D eigenvalue weighted by Crippen LogP contribution is 2.16. The summed E-state index contributed by atoms with van der Waals surface area (Å²) < 4.78 is 1.82. The zero-order chi connectivity index (χ0) is 13.8. The van der Waals surface area contributed by atoms with E-state index in [4.69, 9.17) is 10.5 Å². The van der Waals surface area contributed by atoms with Crippen molar-refractivity contribution in [2.75, 3.05) is 5.32 Å². The summed E-state index contributed by atoms with van der Waals surface area (Å²) in [4.78, 5) is 0. The van der Waals surface area contributed by atoms with Crippen molar-refractivity contribution in [3.8, 4) is 12.1 Å². The van der Waals surface area contributed by atoms with Crippen molar-refractivity contribution in [2.45, 2.75) is 13.5 Å². The first-order valence-electron chi connectivity index (χ1n) is 5.81. The first-order chi connectivity index (χ1) is 9.15. The lowest BCUT2D eigenvalue weighted by Gasteiger charge is -2.07. The number of hydrogen-bond donors (Lipinski definition) is 1. The zero-order valence-electron chi connectivity index (χ0n) is 10.8. The van der Waals surface area contributed by atoms with Crippen LogP contribution in [-0.4, -0.2) is 9.78 Å². The van der Waals surface area contributed by atoms with E-state index in [-0.39, 0.29) is 0 Å². The molecule has 1 N–H and O–H groups in total. The Kier molecular flexibility index (Phi) is 3.49. The van der Waals surface area contributed by atoms with Crippen LogP contribution in [0.5, 0.6) is 0 Å². The fourth-order valence-electron chi connectivity index (χ4n) is 1.76. The summed E-state index contributed by atoms with van der Waals surface area (Å²) in [5.41, 5.74) is 3.80. The van der Waals surface area contributed by atoms with Crippen LogP contribution in [0, 0.1) is 29.6 Å². The number of nitrogens with one attached hydrogen (secondary N) is 1. The van der Waals surface area contributed by atoms with Gasteiger partial charge < -0.3 is 5.32 Å². The van der Waals surface area contributed by atoms with Crippen LogP contribution in [0.3, 0.4) is 0 Å². The molecule has 1 aromatic carbocycles. The number of benzene rings is 1. The monoisotopic (exact) mass is 251 g/mol. The number of nitrogens with zero attached hydrogens (tertiary/aromatic N) is 4. The molecule has 0 bridgehead atoms. The molecule has 19 heavy (non-hydrogen) atoms. The summed E-state index contributed by atoms with van der Waals surface area (Å²) in [7, 11) is 1.90. The molecule has 0 radical (unpaired) electrons. The SMILES string of the molecule is Cc1c(CNc2ccc(C#N)c(C#N)c2)cnn1C. The van der Waals surface area contributed by atoms with Crippen molar-refractivity contribution in [2.24, 2.45) is 7.05 Å². The maximum absolute atomic E-state index is 8.96. The molecule has 1 heterocycles. The van der Waals surface area contributed by atoms with E-state index in [9.17, 15) is 0 Å². The molecule has 1 aromatic heterocycles. The Morgan fingerprint density at radius 1 is 1.26 bits per heavy atom. The highest BCUT2D eigenvalue weighted by atomic mass is 15.3. The van der Waals surface area contributed by atoms with Crippen LogP contribution in [0.15, 0.2) is 24.4 Å². The van der Waals surface area contributed by atoms with Crippen LogP contribution in [0.1, 0.15) is 22.4 Å². The van der Waals surface area contributed by atoms with Crippen molar-refractivity contribution in [3.05, 3.63) is 46.8 Å². The highest BCUT2D eigenvalue weighted by molar-refractivity contribution is 5.56. The van der Waals surface area contributed by atoms with Crippen molar-refractivity contribution in [3.63, 3.8) is 0 Å². The Labute approximate surface area is 111 Å². The summed E-state index contributed by atoms with van der Waals surface area (Å²) >= 11 is 0. The van der Waals surface area contributed by atoms with Gasteiger partial charge in [-0.3, -0.25) is 4.68 Å². The van der Waals surface area contributed by atoms with Gasteiger partial charge in [-0.15, -0.1) is 0 Å². The molecule has 0 saturated heterocycles. The zero-order valence-corrected chi connectivity index (χ0v) is 10.8. The van der Waals surface area contributed by atoms with E-state index < -0.39 is 0 Å². The van der Waals surface area contributed by atoms with Gasteiger partial charge in [0.15, 0.2) is 0 Å². The van der Waals surface area contributed by atoms with Gasteiger partial charge in [0.1, 0.15) is 12.1 Å². The molecule has 0 aliphatic rings. The molecule has 0 aliphatic carbocycles. The Morgan fingerprint density at radius 2 is 2.00 bits per heavy atom. The molecule has 0 saturated carbocycles. The molecule has 2 aromatic rings. The van der Waals surface area contributed by atoms with Crippen LogP contribution in [-0.2, 0) is 13.6 Å². The molecular formula is C14H13N5. The second kappa shape index (κ2) is 5.24. The predicted molar refractivity (Wildman–Crippen MR) is 71.1 cm³/mol. The van der Waals surface area contributed by atoms with Gasteiger partial charge in [-0.25, -0.2) is 0 Å². The summed E-state index contributed by atoms with van der Waals surface area (Å²) in [6, 6.07) is 9.15. The topological polar surface area (TPSA) is 77.4 Å². The van der Waals surface area contributed by atoms with E-state index in [0.717, 1.165) is 16.9 Å². The number of aryl methyl sites for hydroxylation is 1. The minimum absolute atomic E-state index is 0.385. The van der Waals surface area contributed by atoms with Gasteiger partial charge in [-0.05, 0) is 25.1 Å². The first-order valence-corrected chi connectivity index (χ1v) is 5.81. The van der Waals surface area contributed by atoms with Crippen molar-refractivity contribution >= 4 is 5.69 Å². The van der Waals surface area contributed by atoms with Gasteiger partial charge in [0, 0.05) is 30.5 Å². The second-order valence-electron chi connectivity index (χ2n) is 4.22. The number of hydrogen-bond acceptors (Lipinski definition) is 4. The molecule has 0 aliphatic heterocycles. The van der Waals surface area contributed by atoms with Crippen LogP contribution >= 0.6 is 0 Å². The average Bonchev–Trinajstić information content (AvgIpc) is 2.76. The Morgan fingerprint density at radius 3 is 2.58 bits per heavy atom. The summed E-state index contributed by atoms with van der Waals surface area (Å²) in [5, 5.41) is 25.2. The second-order valence-corrected chi connectivity index (χ2v) is 4.22. The Balaban J connectivity index is 2.15. The Hall–Kier alpha value is -2.79. The molecule has 0 unspecified atom stereocenters. The molecule has 5 heteroatoms. The standard InChI is InChI=1S/C14H13N5/c1-10-13(9-18-19(10)2)8-17-14-4-3-11(6-15)12(5-14)7-16/h3-5,9,17H,8H2,1-2H3. The van der Waals surface area contributed by atoms with Gasteiger partial charge in [0.25, 0.3) is 0 Å². The molecular weight excluding hydrogens is 238 g/mol. The fourth-order valence-corrected chi connectivity index (χ4v) is 1.76. The van der Waals surface area contributed by atoms with E-state index in [1.807, 2.05) is 37.0 Å². The highest BCUT2D eigenvalue weighted by Gasteiger charge is 2.05. The molecule has 0 fully saturated rings. The van der Waals surface area contributed by atoms with Crippen LogP contribution in [0.4, 0.5) is 5.69 Å². The molecule has 0 atom stereocenters. The third kappa shape index (κ3) is 2.56. The van der Waals surface area contributed by atoms with Gasteiger partial charge in [-0.1, -0.05) is 0 Å². The van der Waals surface area contributed by atoms with Crippen LogP contribution in [0.2, 0.25) is 0 Å². The maximum atomic E-state index is 8.96. The number of anilines is 1. The normalized spacial score (nSPS) is 9.68. The summed E-state index contributed by atoms with van der Waals surface area (Å²) in [6.45, 7) is 2.64. The quantitative estimate of drug-likeness (QED) is 0.906. The Bertz CT molecular complexity index is 685. The van der Waals surface area contributed by atoms with Crippen LogP contribution in [0.25, 0.3) is 0 Å². The number of rotatable bonds is 3. The van der Waals surface area contributed by atoms with Crippen molar-refractivity contribution in [1.82, 2.24) is 9.78 Å². The lowest BCUT2D eigenvalue weighted by atomic mass is 10.1. The first kappa shape index (κ1) is 12.7. The predicted octanol–water partition coefficient (Wildman–Crippen LogP) is 2.08. The van der Waals surface area contributed by atoms with Crippen molar-refractivity contribution in [1.29, 1.82) is 10.5 Å². The number of nitriles is 2. The van der Waals surface area contributed by atoms with E-state index >= 15 is 0 Å². The molecule has 94 valence electrons. The van der Waals surface area contributed by atoms with Gasteiger partial charge in [0.2, 0.25) is 0 Å². The third-order valence-electron chi connectivity index (χ3n) is 3.08. The van der Waals surface area contributed by atoms with E-state index in [0.29, 0.717) is 17.7 Å². The smallest absolute Gasteiger partial charge is 0.101 e. The summed E-state index contributed by atoms with van der Waals surface area (Å²) in [5.74, 6) is 0. The number of aromatic nitrogens is 2. The minimum atomic E-state index is 0.385. The minimum Gasteiger partial charge on any atom is -0.381 e. The van der Waals surface area contributed by atoms with Crippen LogP contribution < -0.4 is 5.32 Å². The molecule has 5 nitrogen and oxygen atoms in total. The van der Waals surface area contributed by atoms with E-state index in [2.05, 4.69) is 10.4 Å². The summed E-state index contributed by atoms with van der Waals surface area (Å²) in [6.07, 6.45) is 1.82. The average molecular weight is 251 g/mol. The fraction of sp³-hybridized carbons (Fsp3) is 0.214. The maximum Gasteiger partial charge on any atom is 0.101 e. The van der Waals surface area contributed by atoms with Gasteiger partial charge >= 0.3 is 0 Å². The van der Waals surface area contributed by atoms with Crippen molar-refractivity contribution < 1.29 is 0 Å². The largest absolute Gasteiger partial charge is 0.381 e. The van der Waals surface area contributed by atoms with Gasteiger partial charge in [-0.2, -0.15) is 15.6 Å². The molecule has 2 rings (SSSR count).